The number of ether oxygens (including phenoxy) is 5. The molecule has 14 nitrogen and oxygen atoms in total. The van der Waals surface area contributed by atoms with Gasteiger partial charge in [-0.1, -0.05) is 0 Å². The van der Waals surface area contributed by atoms with Gasteiger partial charge in [-0.2, -0.15) is 0 Å². The Labute approximate surface area is 183 Å². The average molecular weight is 472 g/mol. The van der Waals surface area contributed by atoms with Crippen LogP contribution in [0, 0.1) is 0 Å². The Morgan fingerprint density at radius 3 is 1.69 bits per heavy atom. The number of rotatable bonds is 5. The summed E-state index contributed by atoms with van der Waals surface area (Å²) in [6.45, 7) is 2.16. The summed E-state index contributed by atoms with van der Waals surface area (Å²) in [5.41, 5.74) is 0. The van der Waals surface area contributed by atoms with Gasteiger partial charge in [-0.15, -0.1) is 0 Å². The van der Waals surface area contributed by atoms with E-state index < -0.39 is 98.7 Å². The van der Waals surface area contributed by atoms with Crippen LogP contribution in [0.15, 0.2) is 0 Å². The van der Waals surface area contributed by atoms with Crippen molar-refractivity contribution in [3.63, 3.8) is 0 Å². The van der Waals surface area contributed by atoms with Gasteiger partial charge < -0.3 is 69.6 Å². The highest BCUT2D eigenvalue weighted by Gasteiger charge is 2.52. The summed E-state index contributed by atoms with van der Waals surface area (Å²) in [7, 11) is 0. The molecule has 3 aliphatic heterocycles. The number of aliphatic hydroxyl groups excluding tert-OH is 9. The molecule has 188 valence electrons. The first-order valence-corrected chi connectivity index (χ1v) is 10.3. The first-order chi connectivity index (χ1) is 15.0. The van der Waals surface area contributed by atoms with Crippen LogP contribution in [0.3, 0.4) is 0 Å². The van der Waals surface area contributed by atoms with Gasteiger partial charge in [0, 0.05) is 0 Å². The third-order valence-electron chi connectivity index (χ3n) is 6.01. The van der Waals surface area contributed by atoms with Gasteiger partial charge in [0.15, 0.2) is 18.9 Å². The molecule has 3 aliphatic rings. The molecule has 9 N–H and O–H groups in total. The quantitative estimate of drug-likeness (QED) is 0.182. The highest BCUT2D eigenvalue weighted by molar-refractivity contribution is 4.95. The first-order valence-electron chi connectivity index (χ1n) is 10.3. The number of hydrogen-bond acceptors (Lipinski definition) is 14. The van der Waals surface area contributed by atoms with Crippen molar-refractivity contribution < 1.29 is 69.6 Å². The van der Waals surface area contributed by atoms with E-state index in [1.54, 1.807) is 0 Å². The highest BCUT2D eigenvalue weighted by Crippen LogP contribution is 2.32. The Bertz CT molecular complexity index is 608. The molecule has 0 saturated carbocycles. The molecule has 0 aromatic rings. The summed E-state index contributed by atoms with van der Waals surface area (Å²) in [5.74, 6) is 0. The third-order valence-corrected chi connectivity index (χ3v) is 6.01. The predicted molar refractivity (Wildman–Crippen MR) is 98.4 cm³/mol. The first kappa shape index (κ1) is 26.1. The topological polar surface area (TPSA) is 228 Å². The molecule has 32 heavy (non-hydrogen) atoms. The van der Waals surface area contributed by atoms with Crippen molar-refractivity contribution in [3.05, 3.63) is 0 Å². The average Bonchev–Trinajstić information content (AvgIpc) is 2.76. The minimum absolute atomic E-state index is 0.702. The van der Waals surface area contributed by atoms with Crippen molar-refractivity contribution in [2.45, 2.75) is 106 Å². The SMILES string of the molecule is C[C@@H]1O[C@@H](O[C@@H]2[C@@H](O)[C@H](C)O[C@@H](O[C@H]3[C@H](O)[C@@H](O)[C@H](O)O[C@@H]3CO)[C@@H]2O)[C@H](O)[C@H](O)[C@H]1O. The molecule has 3 fully saturated rings. The van der Waals surface area contributed by atoms with Gasteiger partial charge >= 0.3 is 0 Å². The van der Waals surface area contributed by atoms with Crippen LogP contribution in [0.2, 0.25) is 0 Å². The minimum Gasteiger partial charge on any atom is -0.394 e. The Kier molecular flexibility index (Phi) is 8.44. The van der Waals surface area contributed by atoms with Crippen LogP contribution in [0.4, 0.5) is 0 Å². The van der Waals surface area contributed by atoms with Crippen LogP contribution in [0.25, 0.3) is 0 Å². The van der Waals surface area contributed by atoms with E-state index in [2.05, 4.69) is 0 Å². The summed E-state index contributed by atoms with van der Waals surface area (Å²) in [6.07, 6.45) is -22.3. The second-order valence-electron chi connectivity index (χ2n) is 8.30. The Morgan fingerprint density at radius 1 is 0.562 bits per heavy atom. The van der Waals surface area contributed by atoms with E-state index in [1.807, 2.05) is 0 Å². The summed E-state index contributed by atoms with van der Waals surface area (Å²) in [4.78, 5) is 0. The van der Waals surface area contributed by atoms with E-state index in [0.717, 1.165) is 0 Å². The predicted octanol–water partition coefficient (Wildman–Crippen LogP) is -5.52. The van der Waals surface area contributed by atoms with Crippen molar-refractivity contribution in [2.24, 2.45) is 0 Å². The molecule has 0 spiro atoms. The lowest BCUT2D eigenvalue weighted by Crippen LogP contribution is -2.65. The van der Waals surface area contributed by atoms with E-state index >= 15 is 0 Å². The fourth-order valence-corrected chi connectivity index (χ4v) is 3.94. The van der Waals surface area contributed by atoms with E-state index in [1.165, 1.54) is 13.8 Å². The zero-order valence-corrected chi connectivity index (χ0v) is 17.4. The number of hydrogen-bond donors (Lipinski definition) is 9. The molecule has 3 rings (SSSR count). The fourth-order valence-electron chi connectivity index (χ4n) is 3.94. The Balaban J connectivity index is 1.74. The van der Waals surface area contributed by atoms with Gasteiger partial charge in [0.2, 0.25) is 0 Å². The van der Waals surface area contributed by atoms with Crippen LogP contribution in [-0.4, -0.2) is 145 Å². The molecule has 14 heteroatoms. The smallest absolute Gasteiger partial charge is 0.187 e. The molecular formula is C18H32O14. The molecule has 0 amide bonds. The second kappa shape index (κ2) is 10.4. The lowest BCUT2D eigenvalue weighted by Gasteiger charge is -2.47. The van der Waals surface area contributed by atoms with E-state index in [0.29, 0.717) is 0 Å². The molecule has 0 aromatic carbocycles. The summed E-state index contributed by atoms with van der Waals surface area (Å²) >= 11 is 0. The third kappa shape index (κ3) is 4.94. The lowest BCUT2D eigenvalue weighted by molar-refractivity contribution is -0.374. The van der Waals surface area contributed by atoms with Crippen molar-refractivity contribution >= 4 is 0 Å². The molecule has 15 atom stereocenters. The molecular weight excluding hydrogens is 440 g/mol. The standard InChI is InChI=1S/C18H32O14/c1-4-7(20)9(22)12(25)17(28-4)32-15-8(21)5(2)29-18(13(15)26)31-14-6(3-19)30-16(27)11(24)10(14)23/h4-27H,3H2,1-2H3/t4-,5-,6+,7-,8-,9+,10+,11+,12+,13+,14+,15+,16+,17-,18-/m0/s1. The summed E-state index contributed by atoms with van der Waals surface area (Å²) < 4.78 is 26.8. The maximum absolute atomic E-state index is 10.7. The van der Waals surface area contributed by atoms with Gasteiger partial charge in [-0.3, -0.25) is 0 Å². The number of aliphatic hydroxyl groups is 9. The Hall–Kier alpha value is -0.560. The van der Waals surface area contributed by atoms with Crippen molar-refractivity contribution in [2.75, 3.05) is 6.61 Å². The van der Waals surface area contributed by atoms with Gasteiger partial charge in [-0.05, 0) is 13.8 Å². The van der Waals surface area contributed by atoms with Crippen molar-refractivity contribution in [3.8, 4) is 0 Å². The highest BCUT2D eigenvalue weighted by atomic mass is 16.7. The van der Waals surface area contributed by atoms with Gasteiger partial charge in [-0.25, -0.2) is 0 Å². The van der Waals surface area contributed by atoms with Crippen molar-refractivity contribution in [1.29, 1.82) is 0 Å². The molecule has 0 aromatic heterocycles. The molecule has 0 unspecified atom stereocenters. The zero-order valence-electron chi connectivity index (χ0n) is 17.4. The van der Waals surface area contributed by atoms with Crippen LogP contribution in [0.5, 0.6) is 0 Å². The van der Waals surface area contributed by atoms with Crippen molar-refractivity contribution in [1.82, 2.24) is 0 Å². The van der Waals surface area contributed by atoms with Crippen LogP contribution in [0.1, 0.15) is 13.8 Å². The van der Waals surface area contributed by atoms with Crippen LogP contribution in [-0.2, 0) is 23.7 Å². The zero-order chi connectivity index (χ0) is 23.9. The maximum atomic E-state index is 10.7. The maximum Gasteiger partial charge on any atom is 0.187 e. The fraction of sp³-hybridized carbons (Fsp3) is 1.00. The van der Waals surface area contributed by atoms with E-state index in [4.69, 9.17) is 23.7 Å². The molecule has 3 saturated heterocycles. The largest absolute Gasteiger partial charge is 0.394 e. The monoisotopic (exact) mass is 472 g/mol. The normalized spacial score (nSPS) is 55.0. The Morgan fingerprint density at radius 2 is 1.09 bits per heavy atom. The van der Waals surface area contributed by atoms with E-state index in [-0.39, 0.29) is 0 Å². The molecule has 0 radical (unpaired) electrons. The van der Waals surface area contributed by atoms with Gasteiger partial charge in [0.25, 0.3) is 0 Å². The van der Waals surface area contributed by atoms with Crippen LogP contribution < -0.4 is 0 Å². The molecule has 3 heterocycles. The van der Waals surface area contributed by atoms with Gasteiger partial charge in [0.1, 0.15) is 61.0 Å². The summed E-state index contributed by atoms with van der Waals surface area (Å²) in [5, 5.41) is 90.3. The van der Waals surface area contributed by atoms with E-state index in [9.17, 15) is 46.0 Å². The minimum atomic E-state index is -1.77. The molecule has 0 bridgehead atoms. The second-order valence-corrected chi connectivity index (χ2v) is 8.30. The molecule has 0 aliphatic carbocycles. The van der Waals surface area contributed by atoms with Crippen LogP contribution >= 0.6 is 0 Å². The van der Waals surface area contributed by atoms with Gasteiger partial charge in [0.05, 0.1) is 18.8 Å². The lowest BCUT2D eigenvalue weighted by atomic mass is 9.96. The summed E-state index contributed by atoms with van der Waals surface area (Å²) in [6, 6.07) is 0.